The SMILES string of the molecule is Cc1ccc(NS(=O)(=O)c2ccc3c(c2)sc(=O)n3CCC(=O)N2CCCCC2)c(C)c1. The monoisotopic (exact) mass is 473 g/mol. The van der Waals surface area contributed by atoms with Crippen LogP contribution in [0.4, 0.5) is 5.69 Å². The van der Waals surface area contributed by atoms with Crippen molar-refractivity contribution >= 4 is 43.2 Å². The van der Waals surface area contributed by atoms with Gasteiger partial charge in [-0.3, -0.25) is 18.9 Å². The minimum Gasteiger partial charge on any atom is -0.343 e. The number of nitrogens with one attached hydrogen (secondary N) is 1. The van der Waals surface area contributed by atoms with Crippen molar-refractivity contribution in [1.29, 1.82) is 0 Å². The molecule has 1 aromatic heterocycles. The maximum absolute atomic E-state index is 12.9. The molecule has 4 rings (SSSR count). The number of amides is 1. The first kappa shape index (κ1) is 22.5. The predicted octanol–water partition coefficient (Wildman–Crippen LogP) is 3.88. The Bertz CT molecular complexity index is 1320. The number of anilines is 1. The van der Waals surface area contributed by atoms with Crippen molar-refractivity contribution in [2.45, 2.75) is 51.0 Å². The van der Waals surface area contributed by atoms with Crippen molar-refractivity contribution in [2.75, 3.05) is 17.8 Å². The number of fused-ring (bicyclic) bond motifs is 1. The number of carbonyl (C=O) groups excluding carboxylic acids is 1. The second-order valence-electron chi connectivity index (χ2n) is 8.26. The molecule has 0 atom stereocenters. The van der Waals surface area contributed by atoms with Crippen molar-refractivity contribution in [3.63, 3.8) is 0 Å². The summed E-state index contributed by atoms with van der Waals surface area (Å²) in [6.07, 6.45) is 3.48. The van der Waals surface area contributed by atoms with Crippen LogP contribution >= 0.6 is 11.3 Å². The molecule has 2 heterocycles. The van der Waals surface area contributed by atoms with Crippen LogP contribution < -0.4 is 9.60 Å². The van der Waals surface area contributed by atoms with Crippen molar-refractivity contribution in [1.82, 2.24) is 9.47 Å². The molecule has 0 saturated carbocycles. The van der Waals surface area contributed by atoms with E-state index in [4.69, 9.17) is 0 Å². The number of carbonyl (C=O) groups is 1. The van der Waals surface area contributed by atoms with E-state index < -0.39 is 10.0 Å². The van der Waals surface area contributed by atoms with Gasteiger partial charge in [-0.1, -0.05) is 29.0 Å². The van der Waals surface area contributed by atoms with Crippen molar-refractivity contribution in [3.8, 4) is 0 Å². The predicted molar refractivity (Wildman–Crippen MR) is 128 cm³/mol. The first-order valence-electron chi connectivity index (χ1n) is 10.8. The van der Waals surface area contributed by atoms with E-state index in [1.54, 1.807) is 16.7 Å². The number of piperidine rings is 1. The van der Waals surface area contributed by atoms with Crippen LogP contribution in [0.1, 0.15) is 36.8 Å². The Morgan fingerprint density at radius 3 is 2.53 bits per heavy atom. The molecule has 1 aliphatic rings. The fraction of sp³-hybridized carbons (Fsp3) is 0.391. The molecule has 1 saturated heterocycles. The third-order valence-corrected chi connectivity index (χ3v) is 8.14. The molecule has 7 nitrogen and oxygen atoms in total. The maximum Gasteiger partial charge on any atom is 0.308 e. The zero-order valence-electron chi connectivity index (χ0n) is 18.3. The van der Waals surface area contributed by atoms with Gasteiger partial charge in [-0.15, -0.1) is 0 Å². The lowest BCUT2D eigenvalue weighted by molar-refractivity contribution is -0.132. The number of hydrogen-bond donors (Lipinski definition) is 1. The quantitative estimate of drug-likeness (QED) is 0.588. The van der Waals surface area contributed by atoms with E-state index in [0.29, 0.717) is 22.4 Å². The standard InChI is InChI=1S/C23H27N3O4S2/c1-16-6-8-19(17(2)14-16)24-32(29,30)18-7-9-20-21(15-18)31-23(28)26(20)13-10-22(27)25-11-4-3-5-12-25/h6-9,14-15,24H,3-5,10-13H2,1-2H3. The Hall–Kier alpha value is -2.65. The minimum absolute atomic E-state index is 0.0628. The highest BCUT2D eigenvalue weighted by Crippen LogP contribution is 2.25. The average Bonchev–Trinajstić information content (AvgIpc) is 3.08. The highest BCUT2D eigenvalue weighted by molar-refractivity contribution is 7.92. The molecule has 0 unspecified atom stereocenters. The number of hydrogen-bond acceptors (Lipinski definition) is 5. The second-order valence-corrected chi connectivity index (χ2v) is 10.9. The van der Waals surface area contributed by atoms with Gasteiger partial charge in [-0.25, -0.2) is 8.42 Å². The van der Waals surface area contributed by atoms with Gasteiger partial charge in [-0.2, -0.15) is 0 Å². The summed E-state index contributed by atoms with van der Waals surface area (Å²) in [5.41, 5.74) is 3.06. The fourth-order valence-corrected chi connectivity index (χ4v) is 6.25. The van der Waals surface area contributed by atoms with E-state index in [9.17, 15) is 18.0 Å². The lowest BCUT2D eigenvalue weighted by Crippen LogP contribution is -2.36. The number of likely N-dealkylation sites (tertiary alicyclic amines) is 1. The van der Waals surface area contributed by atoms with Gasteiger partial charge in [0.05, 0.1) is 20.8 Å². The summed E-state index contributed by atoms with van der Waals surface area (Å²) in [5, 5.41) is 0. The molecule has 9 heteroatoms. The van der Waals surface area contributed by atoms with E-state index in [1.165, 1.54) is 12.1 Å². The van der Waals surface area contributed by atoms with Gasteiger partial charge in [0.15, 0.2) is 0 Å². The number of thiazole rings is 1. The molecule has 1 aliphatic heterocycles. The molecule has 32 heavy (non-hydrogen) atoms. The summed E-state index contributed by atoms with van der Waals surface area (Å²) in [6, 6.07) is 10.2. The summed E-state index contributed by atoms with van der Waals surface area (Å²) in [6.45, 7) is 5.66. The van der Waals surface area contributed by atoms with E-state index in [-0.39, 0.29) is 22.1 Å². The molecule has 1 fully saturated rings. The molecule has 0 aliphatic carbocycles. The van der Waals surface area contributed by atoms with Gasteiger partial charge in [-0.05, 0) is 62.9 Å². The average molecular weight is 474 g/mol. The maximum atomic E-state index is 12.9. The molecule has 1 amide bonds. The topological polar surface area (TPSA) is 88.5 Å². The normalized spacial score (nSPS) is 14.6. The lowest BCUT2D eigenvalue weighted by Gasteiger charge is -2.26. The summed E-state index contributed by atoms with van der Waals surface area (Å²) >= 11 is 0.998. The van der Waals surface area contributed by atoms with Gasteiger partial charge in [0.1, 0.15) is 0 Å². The molecular weight excluding hydrogens is 446 g/mol. The number of aryl methyl sites for hydroxylation is 3. The van der Waals surface area contributed by atoms with Gasteiger partial charge < -0.3 is 4.90 Å². The first-order chi connectivity index (χ1) is 15.2. The molecule has 170 valence electrons. The molecule has 0 spiro atoms. The third kappa shape index (κ3) is 4.73. The molecule has 1 N–H and O–H groups in total. The van der Waals surface area contributed by atoms with E-state index in [0.717, 1.165) is 54.8 Å². The number of nitrogens with zero attached hydrogens (tertiary/aromatic N) is 2. The first-order valence-corrected chi connectivity index (χ1v) is 13.1. The highest BCUT2D eigenvalue weighted by Gasteiger charge is 2.20. The van der Waals surface area contributed by atoms with Gasteiger partial charge >= 0.3 is 4.87 Å². The fourth-order valence-electron chi connectivity index (χ4n) is 4.07. The van der Waals surface area contributed by atoms with Crippen molar-refractivity contribution in [3.05, 3.63) is 57.2 Å². The smallest absolute Gasteiger partial charge is 0.308 e. The Kier molecular flexibility index (Phi) is 6.39. The van der Waals surface area contributed by atoms with Crippen LogP contribution in [0, 0.1) is 13.8 Å². The highest BCUT2D eigenvalue weighted by atomic mass is 32.2. The van der Waals surface area contributed by atoms with Crippen LogP contribution in [0.2, 0.25) is 0 Å². The molecule has 0 radical (unpaired) electrons. The van der Waals surface area contributed by atoms with Crippen LogP contribution in [-0.4, -0.2) is 36.9 Å². The van der Waals surface area contributed by atoms with Gasteiger partial charge in [0.25, 0.3) is 10.0 Å². The molecule has 3 aromatic rings. The summed E-state index contributed by atoms with van der Waals surface area (Å²) in [7, 11) is -3.80. The number of aromatic nitrogens is 1. The lowest BCUT2D eigenvalue weighted by atomic mass is 10.1. The zero-order valence-corrected chi connectivity index (χ0v) is 19.9. The zero-order chi connectivity index (χ0) is 22.9. The van der Waals surface area contributed by atoms with Crippen LogP contribution in [0.25, 0.3) is 10.2 Å². The van der Waals surface area contributed by atoms with Crippen LogP contribution in [-0.2, 0) is 21.4 Å². The summed E-state index contributed by atoms with van der Waals surface area (Å²) in [5.74, 6) is 0.0628. The Labute approximate surface area is 191 Å². The largest absolute Gasteiger partial charge is 0.343 e. The van der Waals surface area contributed by atoms with Crippen LogP contribution in [0.15, 0.2) is 46.1 Å². The van der Waals surface area contributed by atoms with Gasteiger partial charge in [0.2, 0.25) is 5.91 Å². The van der Waals surface area contributed by atoms with Gasteiger partial charge in [0, 0.05) is 26.1 Å². The van der Waals surface area contributed by atoms with Crippen molar-refractivity contribution in [2.24, 2.45) is 0 Å². The Morgan fingerprint density at radius 1 is 1.06 bits per heavy atom. The Morgan fingerprint density at radius 2 is 1.81 bits per heavy atom. The van der Waals surface area contributed by atoms with E-state index in [1.807, 2.05) is 30.9 Å². The van der Waals surface area contributed by atoms with E-state index >= 15 is 0 Å². The third-order valence-electron chi connectivity index (χ3n) is 5.83. The van der Waals surface area contributed by atoms with Crippen molar-refractivity contribution < 1.29 is 13.2 Å². The molecule has 0 bridgehead atoms. The van der Waals surface area contributed by atoms with Crippen LogP contribution in [0.5, 0.6) is 0 Å². The molecule has 2 aromatic carbocycles. The number of benzene rings is 2. The van der Waals surface area contributed by atoms with E-state index in [2.05, 4.69) is 4.72 Å². The summed E-state index contributed by atoms with van der Waals surface area (Å²) < 4.78 is 30.6. The minimum atomic E-state index is -3.80. The molecular formula is C23H27N3O4S2. The number of rotatable bonds is 6. The number of sulfonamides is 1. The summed E-state index contributed by atoms with van der Waals surface area (Å²) in [4.78, 5) is 26.8. The Balaban J connectivity index is 1.54. The van der Waals surface area contributed by atoms with Crippen LogP contribution in [0.3, 0.4) is 0 Å². The second kappa shape index (κ2) is 9.07.